The summed E-state index contributed by atoms with van der Waals surface area (Å²) >= 11 is 0. The Morgan fingerprint density at radius 1 is 1.35 bits per heavy atom. The van der Waals surface area contributed by atoms with E-state index in [1.54, 1.807) is 7.11 Å². The van der Waals surface area contributed by atoms with E-state index in [0.29, 0.717) is 0 Å². The molecular formula is C13H21N3O. The second kappa shape index (κ2) is 5.38. The number of hydrogen-bond acceptors (Lipinski definition) is 4. The summed E-state index contributed by atoms with van der Waals surface area (Å²) in [6, 6.07) is 8.11. The van der Waals surface area contributed by atoms with Gasteiger partial charge in [0.1, 0.15) is 5.75 Å². The van der Waals surface area contributed by atoms with Crippen molar-refractivity contribution in [3.63, 3.8) is 0 Å². The molecule has 0 spiro atoms. The molecule has 1 atom stereocenters. The number of benzene rings is 1. The Kier molecular flexibility index (Phi) is 3.86. The van der Waals surface area contributed by atoms with Crippen molar-refractivity contribution in [3.05, 3.63) is 24.3 Å². The van der Waals surface area contributed by atoms with Gasteiger partial charge in [-0.25, -0.2) is 0 Å². The Morgan fingerprint density at radius 2 is 2.12 bits per heavy atom. The maximum Gasteiger partial charge on any atom is 0.142 e. The summed E-state index contributed by atoms with van der Waals surface area (Å²) in [5, 5.41) is 0. The van der Waals surface area contributed by atoms with Gasteiger partial charge in [0.15, 0.2) is 0 Å². The summed E-state index contributed by atoms with van der Waals surface area (Å²) in [6.07, 6.45) is 0.110. The van der Waals surface area contributed by atoms with Crippen molar-refractivity contribution in [2.45, 2.75) is 13.1 Å². The number of nitrogens with two attached hydrogens (primary N) is 1. The molecule has 2 rings (SSSR count). The normalized spacial score (nSPS) is 21.6. The van der Waals surface area contributed by atoms with Gasteiger partial charge >= 0.3 is 0 Å². The maximum absolute atomic E-state index is 6.15. The summed E-state index contributed by atoms with van der Waals surface area (Å²) < 4.78 is 5.39. The minimum atomic E-state index is 0.110. The number of piperazine rings is 1. The Labute approximate surface area is 103 Å². The van der Waals surface area contributed by atoms with Crippen LogP contribution in [0.2, 0.25) is 0 Å². The van der Waals surface area contributed by atoms with Crippen LogP contribution >= 0.6 is 0 Å². The van der Waals surface area contributed by atoms with Crippen LogP contribution in [0.5, 0.6) is 5.75 Å². The highest BCUT2D eigenvalue weighted by Crippen LogP contribution is 2.28. The van der Waals surface area contributed by atoms with E-state index in [2.05, 4.69) is 22.8 Å². The van der Waals surface area contributed by atoms with Crippen molar-refractivity contribution in [2.75, 3.05) is 38.2 Å². The third-order valence-corrected chi connectivity index (χ3v) is 3.37. The summed E-state index contributed by atoms with van der Waals surface area (Å²) in [7, 11) is 1.71. The van der Waals surface area contributed by atoms with E-state index in [4.69, 9.17) is 10.5 Å². The van der Waals surface area contributed by atoms with Crippen LogP contribution in [0, 0.1) is 0 Å². The largest absolute Gasteiger partial charge is 0.495 e. The predicted octanol–water partition coefficient (Wildman–Crippen LogP) is 1.12. The number of hydrogen-bond donors (Lipinski definition) is 1. The summed E-state index contributed by atoms with van der Waals surface area (Å²) in [5.74, 6) is 0.921. The van der Waals surface area contributed by atoms with Crippen molar-refractivity contribution in [2.24, 2.45) is 5.73 Å². The third-order valence-electron chi connectivity index (χ3n) is 3.37. The quantitative estimate of drug-likeness (QED) is 0.852. The molecule has 4 heteroatoms. The van der Waals surface area contributed by atoms with Gasteiger partial charge in [-0.05, 0) is 18.7 Å². The fraction of sp³-hybridized carbons (Fsp3) is 0.538. The first-order chi connectivity index (χ1) is 8.26. The van der Waals surface area contributed by atoms with Gasteiger partial charge in [0.2, 0.25) is 0 Å². The second-order valence-corrected chi connectivity index (χ2v) is 4.31. The topological polar surface area (TPSA) is 41.7 Å². The molecule has 0 bridgehead atoms. The molecule has 0 aromatic heterocycles. The number of rotatable bonds is 3. The van der Waals surface area contributed by atoms with E-state index in [-0.39, 0.29) is 6.17 Å². The first-order valence-electron chi connectivity index (χ1n) is 6.14. The van der Waals surface area contributed by atoms with E-state index in [0.717, 1.165) is 37.6 Å². The van der Waals surface area contributed by atoms with Gasteiger partial charge in [0, 0.05) is 19.6 Å². The van der Waals surface area contributed by atoms with Gasteiger partial charge in [-0.3, -0.25) is 4.90 Å². The van der Waals surface area contributed by atoms with Gasteiger partial charge in [-0.1, -0.05) is 19.1 Å². The Morgan fingerprint density at radius 3 is 2.76 bits per heavy atom. The Bertz CT molecular complexity index is 369. The number of ether oxygens (including phenoxy) is 1. The van der Waals surface area contributed by atoms with Gasteiger partial charge in [-0.15, -0.1) is 0 Å². The molecule has 1 heterocycles. The summed E-state index contributed by atoms with van der Waals surface area (Å²) in [4.78, 5) is 4.60. The molecule has 0 radical (unpaired) electrons. The van der Waals surface area contributed by atoms with Gasteiger partial charge in [0.25, 0.3) is 0 Å². The summed E-state index contributed by atoms with van der Waals surface area (Å²) in [6.45, 7) is 6.03. The Balaban J connectivity index is 2.13. The average Bonchev–Trinajstić information content (AvgIpc) is 2.38. The van der Waals surface area contributed by atoms with E-state index in [9.17, 15) is 0 Å². The molecular weight excluding hydrogens is 214 g/mol. The molecule has 1 aromatic carbocycles. The van der Waals surface area contributed by atoms with Crippen molar-refractivity contribution >= 4 is 5.69 Å². The lowest BCUT2D eigenvalue weighted by Gasteiger charge is -2.40. The van der Waals surface area contributed by atoms with E-state index in [1.807, 2.05) is 18.2 Å². The van der Waals surface area contributed by atoms with Crippen molar-refractivity contribution in [1.29, 1.82) is 0 Å². The fourth-order valence-electron chi connectivity index (χ4n) is 2.35. The molecule has 4 nitrogen and oxygen atoms in total. The van der Waals surface area contributed by atoms with Crippen LogP contribution in [0.4, 0.5) is 5.69 Å². The monoisotopic (exact) mass is 235 g/mol. The zero-order chi connectivity index (χ0) is 12.3. The first kappa shape index (κ1) is 12.2. The summed E-state index contributed by atoms with van der Waals surface area (Å²) in [5.41, 5.74) is 7.29. The Hall–Kier alpha value is -1.26. The number of methoxy groups -OCH3 is 1. The van der Waals surface area contributed by atoms with Crippen molar-refractivity contribution in [3.8, 4) is 5.75 Å². The molecule has 1 unspecified atom stereocenters. The lowest BCUT2D eigenvalue weighted by atomic mass is 10.2. The van der Waals surface area contributed by atoms with Crippen LogP contribution < -0.4 is 15.4 Å². The van der Waals surface area contributed by atoms with Gasteiger partial charge in [-0.2, -0.15) is 0 Å². The molecule has 17 heavy (non-hydrogen) atoms. The molecule has 2 N–H and O–H groups in total. The van der Waals surface area contributed by atoms with Crippen LogP contribution in [0.3, 0.4) is 0 Å². The molecule has 0 saturated carbocycles. The van der Waals surface area contributed by atoms with Gasteiger partial charge in [0.05, 0.1) is 19.0 Å². The second-order valence-electron chi connectivity index (χ2n) is 4.31. The zero-order valence-corrected chi connectivity index (χ0v) is 10.6. The molecule has 1 aromatic rings. The molecule has 1 aliphatic heterocycles. The molecule has 94 valence electrons. The molecule has 1 saturated heterocycles. The van der Waals surface area contributed by atoms with Crippen LogP contribution in [0.25, 0.3) is 0 Å². The zero-order valence-electron chi connectivity index (χ0n) is 10.6. The third kappa shape index (κ3) is 2.53. The number of para-hydroxylation sites is 2. The van der Waals surface area contributed by atoms with Crippen LogP contribution in [-0.2, 0) is 0 Å². The SMILES string of the molecule is CCN1CCN(c2ccccc2OC)CC1N. The van der Waals surface area contributed by atoms with Crippen molar-refractivity contribution in [1.82, 2.24) is 4.90 Å². The highest BCUT2D eigenvalue weighted by atomic mass is 16.5. The first-order valence-corrected chi connectivity index (χ1v) is 6.14. The maximum atomic E-state index is 6.15. The number of nitrogens with zero attached hydrogens (tertiary/aromatic N) is 2. The molecule has 1 fully saturated rings. The van der Waals surface area contributed by atoms with Crippen LogP contribution in [-0.4, -0.2) is 44.4 Å². The predicted molar refractivity (Wildman–Crippen MR) is 70.4 cm³/mol. The number of anilines is 1. The van der Waals surface area contributed by atoms with E-state index >= 15 is 0 Å². The van der Waals surface area contributed by atoms with E-state index < -0.39 is 0 Å². The highest BCUT2D eigenvalue weighted by molar-refractivity contribution is 5.58. The lowest BCUT2D eigenvalue weighted by molar-refractivity contribution is 0.190. The molecule has 1 aliphatic rings. The fourth-order valence-corrected chi connectivity index (χ4v) is 2.35. The molecule has 0 amide bonds. The minimum absolute atomic E-state index is 0.110. The highest BCUT2D eigenvalue weighted by Gasteiger charge is 2.24. The van der Waals surface area contributed by atoms with Gasteiger partial charge < -0.3 is 15.4 Å². The number of likely N-dealkylation sites (N-methyl/N-ethyl adjacent to an activating group) is 1. The standard InChI is InChI=1S/C13H21N3O/c1-3-15-8-9-16(10-13(15)14)11-6-4-5-7-12(11)17-2/h4-7,13H,3,8-10,14H2,1-2H3. The van der Waals surface area contributed by atoms with E-state index in [1.165, 1.54) is 0 Å². The van der Waals surface area contributed by atoms with Crippen LogP contribution in [0.15, 0.2) is 24.3 Å². The van der Waals surface area contributed by atoms with Crippen molar-refractivity contribution < 1.29 is 4.74 Å². The van der Waals surface area contributed by atoms with Crippen LogP contribution in [0.1, 0.15) is 6.92 Å². The minimum Gasteiger partial charge on any atom is -0.495 e. The average molecular weight is 235 g/mol. The smallest absolute Gasteiger partial charge is 0.142 e. The molecule has 0 aliphatic carbocycles. The lowest BCUT2D eigenvalue weighted by Crippen LogP contribution is -2.57.